The van der Waals surface area contributed by atoms with Gasteiger partial charge in [-0.1, -0.05) is 6.08 Å². The molecular weight excluding hydrogens is 256 g/mol. The van der Waals surface area contributed by atoms with Crippen LogP contribution in [0.1, 0.15) is 27.7 Å². The van der Waals surface area contributed by atoms with Crippen LogP contribution in [0.4, 0.5) is 4.79 Å². The maximum atomic E-state index is 11.7. The number of carbonyl (C=O) groups is 1. The van der Waals surface area contributed by atoms with E-state index in [9.17, 15) is 4.79 Å². The summed E-state index contributed by atoms with van der Waals surface area (Å²) in [5, 5.41) is 6.21. The fourth-order valence-corrected chi connectivity index (χ4v) is 1.25. The molecule has 6 heteroatoms. The number of amides is 1. The summed E-state index contributed by atoms with van der Waals surface area (Å²) < 4.78 is 5.26. The lowest BCUT2D eigenvalue weighted by molar-refractivity contribution is 0.0304. The standard InChI is InChI=1S/C14H28N4O2/c1-7-9-16-12(15-8-2)17-10-11-18(6)13(19)20-14(3,4)5/h7H,1,8-11H2,2-6H3,(H2,15,16,17). The second-order valence-electron chi connectivity index (χ2n) is 5.33. The van der Waals surface area contributed by atoms with Crippen molar-refractivity contribution in [3.63, 3.8) is 0 Å². The first kappa shape index (κ1) is 18.3. The van der Waals surface area contributed by atoms with Crippen LogP contribution in [0.25, 0.3) is 0 Å². The van der Waals surface area contributed by atoms with E-state index in [1.807, 2.05) is 27.7 Å². The van der Waals surface area contributed by atoms with E-state index >= 15 is 0 Å². The molecule has 0 aliphatic heterocycles. The molecule has 0 aromatic carbocycles. The van der Waals surface area contributed by atoms with Gasteiger partial charge >= 0.3 is 6.09 Å². The third-order valence-electron chi connectivity index (χ3n) is 2.17. The molecule has 0 saturated heterocycles. The molecule has 20 heavy (non-hydrogen) atoms. The highest BCUT2D eigenvalue weighted by molar-refractivity contribution is 5.79. The van der Waals surface area contributed by atoms with Crippen molar-refractivity contribution in [3.05, 3.63) is 12.7 Å². The second-order valence-corrected chi connectivity index (χ2v) is 5.33. The maximum Gasteiger partial charge on any atom is 0.410 e. The molecule has 0 aromatic heterocycles. The Morgan fingerprint density at radius 1 is 1.40 bits per heavy atom. The first-order valence-electron chi connectivity index (χ1n) is 6.87. The zero-order valence-electron chi connectivity index (χ0n) is 13.3. The molecule has 0 aromatic rings. The summed E-state index contributed by atoms with van der Waals surface area (Å²) in [6.45, 7) is 13.6. The highest BCUT2D eigenvalue weighted by atomic mass is 16.6. The number of ether oxygens (including phenoxy) is 1. The summed E-state index contributed by atoms with van der Waals surface area (Å²) >= 11 is 0. The molecule has 0 bridgehead atoms. The Kier molecular flexibility index (Phi) is 8.43. The molecule has 116 valence electrons. The third kappa shape index (κ3) is 9.24. The molecular formula is C14H28N4O2. The lowest BCUT2D eigenvalue weighted by Gasteiger charge is -2.24. The van der Waals surface area contributed by atoms with Gasteiger partial charge in [-0.05, 0) is 27.7 Å². The maximum absolute atomic E-state index is 11.7. The molecule has 0 aliphatic carbocycles. The summed E-state index contributed by atoms with van der Waals surface area (Å²) in [6, 6.07) is 0. The van der Waals surface area contributed by atoms with Crippen molar-refractivity contribution in [1.29, 1.82) is 0 Å². The van der Waals surface area contributed by atoms with Crippen LogP contribution >= 0.6 is 0 Å². The van der Waals surface area contributed by atoms with Gasteiger partial charge < -0.3 is 20.3 Å². The Morgan fingerprint density at radius 2 is 2.05 bits per heavy atom. The van der Waals surface area contributed by atoms with Crippen LogP contribution in [0, 0.1) is 0 Å². The average Bonchev–Trinajstić information content (AvgIpc) is 2.33. The molecule has 0 heterocycles. The molecule has 2 N–H and O–H groups in total. The largest absolute Gasteiger partial charge is 0.444 e. The van der Waals surface area contributed by atoms with Crippen molar-refractivity contribution in [1.82, 2.24) is 15.5 Å². The van der Waals surface area contributed by atoms with E-state index in [1.54, 1.807) is 13.1 Å². The SMILES string of the molecule is C=CCNC(=NCCN(C)C(=O)OC(C)(C)C)NCC. The van der Waals surface area contributed by atoms with Gasteiger partial charge in [-0.15, -0.1) is 6.58 Å². The van der Waals surface area contributed by atoms with Crippen LogP contribution < -0.4 is 10.6 Å². The lowest BCUT2D eigenvalue weighted by Crippen LogP contribution is -2.39. The van der Waals surface area contributed by atoms with Gasteiger partial charge in [-0.2, -0.15) is 0 Å². The van der Waals surface area contributed by atoms with Crippen molar-refractivity contribution in [3.8, 4) is 0 Å². The zero-order chi connectivity index (χ0) is 15.6. The summed E-state index contributed by atoms with van der Waals surface area (Å²) in [7, 11) is 1.70. The van der Waals surface area contributed by atoms with Crippen LogP contribution in [-0.2, 0) is 4.74 Å². The van der Waals surface area contributed by atoms with Crippen molar-refractivity contribution in [2.75, 3.05) is 33.2 Å². The van der Waals surface area contributed by atoms with E-state index in [0.717, 1.165) is 6.54 Å². The van der Waals surface area contributed by atoms with Gasteiger partial charge in [0.05, 0.1) is 6.54 Å². The fraction of sp³-hybridized carbons (Fsp3) is 0.714. The van der Waals surface area contributed by atoms with Gasteiger partial charge in [0.1, 0.15) is 5.60 Å². The first-order chi connectivity index (χ1) is 9.30. The molecule has 0 atom stereocenters. The highest BCUT2D eigenvalue weighted by Crippen LogP contribution is 2.08. The number of rotatable bonds is 6. The predicted molar refractivity (Wildman–Crippen MR) is 83.0 cm³/mol. The van der Waals surface area contributed by atoms with E-state index in [1.165, 1.54) is 4.90 Å². The van der Waals surface area contributed by atoms with Gasteiger partial charge in [-0.3, -0.25) is 4.99 Å². The van der Waals surface area contributed by atoms with Crippen LogP contribution in [0.15, 0.2) is 17.6 Å². The minimum Gasteiger partial charge on any atom is -0.444 e. The fourth-order valence-electron chi connectivity index (χ4n) is 1.25. The number of guanidine groups is 1. The van der Waals surface area contributed by atoms with Gasteiger partial charge in [0.25, 0.3) is 0 Å². The molecule has 0 rings (SSSR count). The highest BCUT2D eigenvalue weighted by Gasteiger charge is 2.19. The van der Waals surface area contributed by atoms with Crippen LogP contribution in [-0.4, -0.2) is 55.8 Å². The van der Waals surface area contributed by atoms with E-state index < -0.39 is 5.60 Å². The molecule has 1 amide bonds. The number of aliphatic imine (C=N–C) groups is 1. The monoisotopic (exact) mass is 284 g/mol. The quantitative estimate of drug-likeness (QED) is 0.442. The Bertz CT molecular complexity index is 335. The lowest BCUT2D eigenvalue weighted by atomic mass is 10.2. The van der Waals surface area contributed by atoms with Crippen molar-refractivity contribution in [2.45, 2.75) is 33.3 Å². The van der Waals surface area contributed by atoms with Crippen LogP contribution in [0.3, 0.4) is 0 Å². The molecule has 0 saturated carbocycles. The summed E-state index contributed by atoms with van der Waals surface area (Å²) in [4.78, 5) is 17.6. The second kappa shape index (κ2) is 9.23. The molecule has 0 spiro atoms. The average molecular weight is 284 g/mol. The summed E-state index contributed by atoms with van der Waals surface area (Å²) in [6.07, 6.45) is 1.43. The van der Waals surface area contributed by atoms with Gasteiger partial charge in [0, 0.05) is 26.7 Å². The van der Waals surface area contributed by atoms with E-state index in [-0.39, 0.29) is 6.09 Å². The van der Waals surface area contributed by atoms with Gasteiger partial charge in [0.15, 0.2) is 5.96 Å². The predicted octanol–water partition coefficient (Wildman–Crippen LogP) is 1.59. The van der Waals surface area contributed by atoms with E-state index in [2.05, 4.69) is 22.2 Å². The summed E-state index contributed by atoms with van der Waals surface area (Å²) in [5.41, 5.74) is -0.477. The first-order valence-corrected chi connectivity index (χ1v) is 6.87. The van der Waals surface area contributed by atoms with Crippen molar-refractivity contribution >= 4 is 12.1 Å². The van der Waals surface area contributed by atoms with Gasteiger partial charge in [-0.25, -0.2) is 4.79 Å². The number of hydrogen-bond acceptors (Lipinski definition) is 3. The molecule has 6 nitrogen and oxygen atoms in total. The Hall–Kier alpha value is -1.72. The smallest absolute Gasteiger partial charge is 0.410 e. The normalized spacial score (nSPS) is 11.8. The number of nitrogens with zero attached hydrogens (tertiary/aromatic N) is 2. The Morgan fingerprint density at radius 3 is 2.55 bits per heavy atom. The number of hydrogen-bond donors (Lipinski definition) is 2. The van der Waals surface area contributed by atoms with Crippen molar-refractivity contribution in [2.24, 2.45) is 4.99 Å². The molecule has 0 aliphatic rings. The molecule has 0 unspecified atom stereocenters. The minimum atomic E-state index is -0.477. The number of likely N-dealkylation sites (N-methyl/N-ethyl adjacent to an activating group) is 1. The summed E-state index contributed by atoms with van der Waals surface area (Å²) in [5.74, 6) is 0.713. The van der Waals surface area contributed by atoms with Gasteiger partial charge in [0.2, 0.25) is 0 Å². The number of nitrogens with one attached hydrogen (secondary N) is 2. The Labute approximate surface area is 122 Å². The zero-order valence-corrected chi connectivity index (χ0v) is 13.3. The van der Waals surface area contributed by atoms with Crippen molar-refractivity contribution < 1.29 is 9.53 Å². The molecule has 0 radical (unpaired) electrons. The van der Waals surface area contributed by atoms with Crippen LogP contribution in [0.5, 0.6) is 0 Å². The third-order valence-corrected chi connectivity index (χ3v) is 2.17. The van der Waals surface area contributed by atoms with E-state index in [4.69, 9.17) is 4.74 Å². The Balaban J connectivity index is 4.22. The number of carbonyl (C=O) groups excluding carboxylic acids is 1. The topological polar surface area (TPSA) is 66.0 Å². The minimum absolute atomic E-state index is 0.336. The van der Waals surface area contributed by atoms with Crippen LogP contribution in [0.2, 0.25) is 0 Å². The molecule has 0 fully saturated rings. The van der Waals surface area contributed by atoms with E-state index in [0.29, 0.717) is 25.6 Å².